The summed E-state index contributed by atoms with van der Waals surface area (Å²) >= 11 is 0. The summed E-state index contributed by atoms with van der Waals surface area (Å²) in [4.78, 5) is 24.7. The summed E-state index contributed by atoms with van der Waals surface area (Å²) in [7, 11) is -7.43. The van der Waals surface area contributed by atoms with Gasteiger partial charge < -0.3 is 29.6 Å². The molecular formula is C22H22N4O8S2. The number of rotatable bonds is 8. The van der Waals surface area contributed by atoms with E-state index in [1.807, 2.05) is 0 Å². The van der Waals surface area contributed by atoms with Crippen molar-refractivity contribution in [2.75, 3.05) is 33.8 Å². The number of nitrogens with one attached hydrogen (secondary N) is 4. The van der Waals surface area contributed by atoms with E-state index in [-0.39, 0.29) is 11.5 Å². The third-order valence-electron chi connectivity index (χ3n) is 4.06. The Morgan fingerprint density at radius 1 is 0.556 bits per heavy atom. The second kappa shape index (κ2) is 11.0. The average molecular weight is 535 g/mol. The molecule has 0 saturated carbocycles. The summed E-state index contributed by atoms with van der Waals surface area (Å²) in [6, 6.07) is 16.8. The fourth-order valence-corrected chi connectivity index (χ4v) is 3.77. The van der Waals surface area contributed by atoms with Crippen LogP contribution in [0.4, 0.5) is 32.3 Å². The molecule has 0 saturated heterocycles. The third-order valence-corrected chi connectivity index (χ3v) is 5.05. The van der Waals surface area contributed by atoms with E-state index >= 15 is 0 Å². The molecule has 3 aromatic carbocycles. The topological polar surface area (TPSA) is 169 Å². The van der Waals surface area contributed by atoms with Crippen LogP contribution in [0.1, 0.15) is 0 Å². The maximum Gasteiger partial charge on any atom is 0.323 e. The van der Waals surface area contributed by atoms with E-state index in [1.54, 1.807) is 30.3 Å². The Hall–Kier alpha value is -4.30. The van der Waals surface area contributed by atoms with Crippen molar-refractivity contribution in [3.63, 3.8) is 0 Å². The van der Waals surface area contributed by atoms with Crippen molar-refractivity contribution in [3.05, 3.63) is 72.8 Å². The predicted octanol–water partition coefficient (Wildman–Crippen LogP) is 3.65. The van der Waals surface area contributed by atoms with E-state index in [1.165, 1.54) is 42.5 Å². The van der Waals surface area contributed by atoms with Crippen molar-refractivity contribution in [2.45, 2.75) is 0 Å². The lowest BCUT2D eigenvalue weighted by molar-refractivity contribution is 0.261. The van der Waals surface area contributed by atoms with Gasteiger partial charge in [-0.25, -0.2) is 9.59 Å². The van der Waals surface area contributed by atoms with Crippen molar-refractivity contribution >= 4 is 55.0 Å². The molecule has 4 N–H and O–H groups in total. The van der Waals surface area contributed by atoms with Gasteiger partial charge in [0.25, 0.3) is 0 Å². The van der Waals surface area contributed by atoms with Crippen molar-refractivity contribution in [1.29, 1.82) is 0 Å². The molecule has 0 aliphatic heterocycles. The second-order valence-corrected chi connectivity index (χ2v) is 10.5. The number of urea groups is 2. The largest absolute Gasteiger partial charge is 0.383 e. The van der Waals surface area contributed by atoms with Gasteiger partial charge >= 0.3 is 32.3 Å². The number of anilines is 4. The standard InChI is InChI=1S/C22H22N4O8S2/c1-35(29,30)33-19-10-4-8-17(13-19)25-21(27)23-15-6-3-7-16(12-15)24-22(28)26-18-9-5-11-20(14-18)34-36(2,31)32/h3-14H,1-2H3,(H2,23,25,27)(H2,24,26,28). The molecule has 0 unspecified atom stereocenters. The van der Waals surface area contributed by atoms with Crippen LogP contribution >= 0.6 is 0 Å². The minimum Gasteiger partial charge on any atom is -0.383 e. The summed E-state index contributed by atoms with van der Waals surface area (Å²) < 4.78 is 54.6. The van der Waals surface area contributed by atoms with E-state index in [0.717, 1.165) is 12.5 Å². The van der Waals surface area contributed by atoms with Crippen LogP contribution in [0.15, 0.2) is 72.8 Å². The Morgan fingerprint density at radius 2 is 0.861 bits per heavy atom. The highest BCUT2D eigenvalue weighted by atomic mass is 32.2. The summed E-state index contributed by atoms with van der Waals surface area (Å²) in [5.41, 5.74) is 1.31. The lowest BCUT2D eigenvalue weighted by Gasteiger charge is -2.12. The fraction of sp³-hybridized carbons (Fsp3) is 0.0909. The number of benzene rings is 3. The SMILES string of the molecule is CS(=O)(=O)Oc1cccc(NC(=O)Nc2cccc(NC(=O)Nc3cccc(OS(C)(=O)=O)c3)c2)c1. The van der Waals surface area contributed by atoms with Crippen molar-refractivity contribution in [1.82, 2.24) is 0 Å². The van der Waals surface area contributed by atoms with E-state index in [0.29, 0.717) is 22.7 Å². The highest BCUT2D eigenvalue weighted by Gasteiger charge is 2.10. The van der Waals surface area contributed by atoms with Gasteiger partial charge in [-0.1, -0.05) is 18.2 Å². The monoisotopic (exact) mass is 534 g/mol. The maximum absolute atomic E-state index is 12.3. The minimum atomic E-state index is -3.71. The Bertz CT molecular complexity index is 1380. The van der Waals surface area contributed by atoms with Gasteiger partial charge in [-0.3, -0.25) is 0 Å². The highest BCUT2D eigenvalue weighted by molar-refractivity contribution is 7.86. The van der Waals surface area contributed by atoms with Gasteiger partial charge in [0.05, 0.1) is 12.5 Å². The molecule has 14 heteroatoms. The molecule has 0 aliphatic carbocycles. The zero-order valence-electron chi connectivity index (χ0n) is 19.0. The van der Waals surface area contributed by atoms with Gasteiger partial charge in [0.2, 0.25) is 0 Å². The Balaban J connectivity index is 1.59. The van der Waals surface area contributed by atoms with Crippen LogP contribution in [0.25, 0.3) is 0 Å². The van der Waals surface area contributed by atoms with Crippen LogP contribution in [-0.4, -0.2) is 41.4 Å². The van der Waals surface area contributed by atoms with Gasteiger partial charge in [0.1, 0.15) is 11.5 Å². The molecule has 36 heavy (non-hydrogen) atoms. The van der Waals surface area contributed by atoms with Crippen molar-refractivity contribution in [2.24, 2.45) is 0 Å². The first-order valence-electron chi connectivity index (χ1n) is 10.1. The van der Waals surface area contributed by atoms with E-state index < -0.39 is 32.3 Å². The molecule has 3 aromatic rings. The second-order valence-electron chi connectivity index (χ2n) is 7.37. The molecule has 0 spiro atoms. The molecular weight excluding hydrogens is 512 g/mol. The van der Waals surface area contributed by atoms with E-state index in [2.05, 4.69) is 21.3 Å². The summed E-state index contributed by atoms with van der Waals surface area (Å²) in [5, 5.41) is 10.3. The first-order chi connectivity index (χ1) is 16.8. The Labute approximate surface area is 207 Å². The predicted molar refractivity (Wildman–Crippen MR) is 136 cm³/mol. The molecule has 190 valence electrons. The zero-order chi connectivity index (χ0) is 26.3. The molecule has 4 amide bonds. The molecule has 0 fully saturated rings. The molecule has 0 atom stereocenters. The number of carbonyl (C=O) groups is 2. The van der Waals surface area contributed by atoms with Crippen molar-refractivity contribution < 1.29 is 34.8 Å². The maximum atomic E-state index is 12.3. The van der Waals surface area contributed by atoms with Crippen LogP contribution in [-0.2, 0) is 20.2 Å². The normalized spacial score (nSPS) is 11.2. The zero-order valence-corrected chi connectivity index (χ0v) is 20.6. The quantitative estimate of drug-likeness (QED) is 0.317. The van der Waals surface area contributed by atoms with Gasteiger partial charge in [0.15, 0.2) is 0 Å². The van der Waals surface area contributed by atoms with Crippen LogP contribution in [0.3, 0.4) is 0 Å². The first kappa shape index (κ1) is 26.3. The van der Waals surface area contributed by atoms with Crippen molar-refractivity contribution in [3.8, 4) is 11.5 Å². The molecule has 3 rings (SSSR count). The third kappa shape index (κ3) is 9.15. The Kier molecular flexibility index (Phi) is 8.01. The van der Waals surface area contributed by atoms with E-state index in [4.69, 9.17) is 8.37 Å². The molecule has 0 aromatic heterocycles. The number of carbonyl (C=O) groups excluding carboxylic acids is 2. The van der Waals surface area contributed by atoms with Gasteiger partial charge in [-0.15, -0.1) is 0 Å². The molecule has 0 aliphatic rings. The number of amides is 4. The summed E-state index contributed by atoms with van der Waals surface area (Å²) in [6.07, 6.45) is 1.82. The highest BCUT2D eigenvalue weighted by Crippen LogP contribution is 2.21. The minimum absolute atomic E-state index is 0.0425. The van der Waals surface area contributed by atoms with Crippen LogP contribution < -0.4 is 29.6 Å². The van der Waals surface area contributed by atoms with Gasteiger partial charge in [-0.05, 0) is 42.5 Å². The summed E-state index contributed by atoms with van der Waals surface area (Å²) in [5.74, 6) is 0.0851. The first-order valence-corrected chi connectivity index (χ1v) is 13.7. The van der Waals surface area contributed by atoms with Crippen LogP contribution in [0.5, 0.6) is 11.5 Å². The average Bonchev–Trinajstić information content (AvgIpc) is 2.71. The lowest BCUT2D eigenvalue weighted by atomic mass is 10.2. The molecule has 12 nitrogen and oxygen atoms in total. The van der Waals surface area contributed by atoms with E-state index in [9.17, 15) is 26.4 Å². The summed E-state index contributed by atoms with van der Waals surface area (Å²) in [6.45, 7) is 0. The molecule has 0 bridgehead atoms. The number of hydrogen-bond acceptors (Lipinski definition) is 8. The molecule has 0 heterocycles. The number of hydrogen-bond donors (Lipinski definition) is 4. The fourth-order valence-electron chi connectivity index (χ4n) is 2.86. The van der Waals surface area contributed by atoms with Crippen LogP contribution in [0.2, 0.25) is 0 Å². The van der Waals surface area contributed by atoms with Gasteiger partial charge in [-0.2, -0.15) is 16.8 Å². The Morgan fingerprint density at radius 3 is 1.19 bits per heavy atom. The van der Waals surface area contributed by atoms with Gasteiger partial charge in [0, 0.05) is 34.9 Å². The van der Waals surface area contributed by atoms with Crippen LogP contribution in [0, 0.1) is 0 Å². The smallest absolute Gasteiger partial charge is 0.323 e. The molecule has 0 radical (unpaired) electrons. The lowest BCUT2D eigenvalue weighted by Crippen LogP contribution is -2.21.